The minimum Gasteiger partial charge on any atom is -0.497 e. The molecule has 0 spiro atoms. The number of hydrogen-bond donors (Lipinski definition) is 1. The van der Waals surface area contributed by atoms with Crippen LogP contribution in [0.25, 0.3) is 16.7 Å². The minimum absolute atomic E-state index is 0.148. The molecule has 1 N–H and O–H groups in total. The number of halogens is 1. The smallest absolute Gasteiger partial charge is 0.299 e. The van der Waals surface area contributed by atoms with E-state index in [1.54, 1.807) is 51.4 Å². The molecule has 1 aliphatic rings. The molecule has 1 saturated heterocycles. The number of aromatic nitrogens is 2. The lowest BCUT2D eigenvalue weighted by Gasteiger charge is -2.19. The summed E-state index contributed by atoms with van der Waals surface area (Å²) in [4.78, 5) is 18.1. The SMILES string of the molecule is C=C/C(C#N)=C(F)\C=C(/C)c1nc(OCC2CCCCCN2)n(C)c(=O)c1-c1ccc(OC)cc1. The van der Waals surface area contributed by atoms with E-state index in [-0.39, 0.29) is 28.9 Å². The molecule has 0 radical (unpaired) electrons. The van der Waals surface area contributed by atoms with Crippen molar-refractivity contribution in [3.63, 3.8) is 0 Å². The second kappa shape index (κ2) is 12.1. The number of allylic oxidation sites excluding steroid dienone is 5. The molecule has 2 heterocycles. The van der Waals surface area contributed by atoms with Gasteiger partial charge < -0.3 is 14.8 Å². The maximum atomic E-state index is 14.7. The summed E-state index contributed by atoms with van der Waals surface area (Å²) in [6.07, 6.45) is 6.75. The van der Waals surface area contributed by atoms with Crippen LogP contribution >= 0.6 is 0 Å². The van der Waals surface area contributed by atoms with Gasteiger partial charge in [-0.05, 0) is 61.7 Å². The second-order valence-electron chi connectivity index (χ2n) is 8.43. The van der Waals surface area contributed by atoms with Crippen molar-refractivity contribution in [1.29, 1.82) is 5.26 Å². The van der Waals surface area contributed by atoms with Crippen molar-refractivity contribution in [2.75, 3.05) is 20.3 Å². The van der Waals surface area contributed by atoms with Gasteiger partial charge in [0.15, 0.2) is 0 Å². The topological polar surface area (TPSA) is 89.2 Å². The van der Waals surface area contributed by atoms with E-state index in [2.05, 4.69) is 16.9 Å². The van der Waals surface area contributed by atoms with E-state index in [1.807, 2.05) is 0 Å². The number of rotatable bonds is 8. The van der Waals surface area contributed by atoms with Gasteiger partial charge in [-0.2, -0.15) is 10.2 Å². The van der Waals surface area contributed by atoms with Crippen molar-refractivity contribution >= 4 is 5.57 Å². The highest BCUT2D eigenvalue weighted by atomic mass is 19.1. The normalized spacial score (nSPS) is 17.1. The molecule has 7 nitrogen and oxygen atoms in total. The largest absolute Gasteiger partial charge is 0.497 e. The number of hydrogen-bond acceptors (Lipinski definition) is 6. The van der Waals surface area contributed by atoms with Gasteiger partial charge in [-0.3, -0.25) is 9.36 Å². The molecule has 3 rings (SSSR count). The molecule has 0 aliphatic carbocycles. The average Bonchev–Trinajstić information content (AvgIpc) is 3.14. The number of nitrogens with zero attached hydrogens (tertiary/aromatic N) is 3. The third-order valence-electron chi connectivity index (χ3n) is 6.00. The van der Waals surface area contributed by atoms with E-state index in [0.29, 0.717) is 29.1 Å². The van der Waals surface area contributed by atoms with Crippen LogP contribution in [0.2, 0.25) is 0 Å². The van der Waals surface area contributed by atoms with Gasteiger partial charge in [0.25, 0.3) is 11.6 Å². The Bertz CT molecular complexity index is 1210. The molecule has 2 aromatic rings. The van der Waals surface area contributed by atoms with Crippen LogP contribution in [0.3, 0.4) is 0 Å². The van der Waals surface area contributed by atoms with E-state index >= 15 is 0 Å². The third-order valence-corrected chi connectivity index (χ3v) is 6.00. The van der Waals surface area contributed by atoms with E-state index in [0.717, 1.165) is 31.9 Å². The van der Waals surface area contributed by atoms with Crippen molar-refractivity contribution in [3.8, 4) is 29.0 Å². The Morgan fingerprint density at radius 3 is 2.74 bits per heavy atom. The first-order valence-electron chi connectivity index (χ1n) is 11.6. The highest BCUT2D eigenvalue weighted by Crippen LogP contribution is 2.29. The van der Waals surface area contributed by atoms with E-state index in [1.165, 1.54) is 17.1 Å². The highest BCUT2D eigenvalue weighted by molar-refractivity contribution is 5.79. The lowest BCUT2D eigenvalue weighted by atomic mass is 10.0. The van der Waals surface area contributed by atoms with Crippen LogP contribution in [-0.4, -0.2) is 35.9 Å². The zero-order chi connectivity index (χ0) is 25.4. The summed E-state index contributed by atoms with van der Waals surface area (Å²) in [6.45, 7) is 6.41. The van der Waals surface area contributed by atoms with Gasteiger partial charge in [-0.1, -0.05) is 31.6 Å². The quantitative estimate of drug-likeness (QED) is 0.437. The number of benzene rings is 1. The molecular weight excluding hydrogens is 447 g/mol. The van der Waals surface area contributed by atoms with Crippen LogP contribution in [-0.2, 0) is 7.05 Å². The fraction of sp³-hybridized carbons (Fsp3) is 0.370. The molecule has 1 aromatic heterocycles. The van der Waals surface area contributed by atoms with E-state index < -0.39 is 5.83 Å². The maximum absolute atomic E-state index is 14.7. The number of ether oxygens (including phenoxy) is 2. The Hall–Kier alpha value is -3.70. The van der Waals surface area contributed by atoms with Crippen molar-refractivity contribution < 1.29 is 13.9 Å². The maximum Gasteiger partial charge on any atom is 0.299 e. The molecule has 8 heteroatoms. The molecule has 1 aliphatic heterocycles. The molecule has 0 saturated carbocycles. The standard InChI is InChI=1S/C27H31FN4O3/c1-5-19(16-29)23(28)15-18(2)25-24(20-10-12-22(34-4)13-11-20)26(33)32(3)27(31-25)35-17-21-9-7-6-8-14-30-21/h5,10-13,15,21,30H,1,6-9,14,17H2,2-4H3/b18-15+,23-19-. The molecule has 35 heavy (non-hydrogen) atoms. The molecule has 184 valence electrons. The highest BCUT2D eigenvalue weighted by Gasteiger charge is 2.21. The summed E-state index contributed by atoms with van der Waals surface area (Å²) in [7, 11) is 3.16. The van der Waals surface area contributed by atoms with Gasteiger partial charge in [0, 0.05) is 13.1 Å². The molecule has 1 atom stereocenters. The summed E-state index contributed by atoms with van der Waals surface area (Å²) in [5.74, 6) is -0.116. The lowest BCUT2D eigenvalue weighted by molar-refractivity contribution is 0.232. The summed E-state index contributed by atoms with van der Waals surface area (Å²) >= 11 is 0. The van der Waals surface area contributed by atoms with Crippen molar-refractivity contribution in [2.24, 2.45) is 7.05 Å². The fourth-order valence-electron chi connectivity index (χ4n) is 3.97. The van der Waals surface area contributed by atoms with Gasteiger partial charge in [0.2, 0.25) is 0 Å². The van der Waals surface area contributed by atoms with Gasteiger partial charge in [0.1, 0.15) is 24.3 Å². The van der Waals surface area contributed by atoms with Gasteiger partial charge in [0.05, 0.1) is 23.9 Å². The molecule has 0 bridgehead atoms. The predicted octanol–water partition coefficient (Wildman–Crippen LogP) is 4.70. The van der Waals surface area contributed by atoms with Crippen molar-refractivity contribution in [3.05, 3.63) is 70.4 Å². The van der Waals surface area contributed by atoms with E-state index in [9.17, 15) is 9.18 Å². The Morgan fingerprint density at radius 2 is 2.09 bits per heavy atom. The van der Waals surface area contributed by atoms with Crippen LogP contribution in [0.5, 0.6) is 11.8 Å². The zero-order valence-corrected chi connectivity index (χ0v) is 20.4. The van der Waals surface area contributed by atoms with Gasteiger partial charge in [-0.25, -0.2) is 4.39 Å². The van der Waals surface area contributed by atoms with Crippen LogP contribution in [0.15, 0.2) is 59.2 Å². The molecule has 1 unspecified atom stereocenters. The van der Waals surface area contributed by atoms with Crippen molar-refractivity contribution in [2.45, 2.75) is 38.6 Å². The average molecular weight is 479 g/mol. The number of nitrogens with one attached hydrogen (secondary N) is 1. The number of methoxy groups -OCH3 is 1. The first-order chi connectivity index (χ1) is 16.9. The van der Waals surface area contributed by atoms with Gasteiger partial charge >= 0.3 is 0 Å². The Morgan fingerprint density at radius 1 is 1.34 bits per heavy atom. The summed E-state index contributed by atoms with van der Waals surface area (Å²) < 4.78 is 27.3. The second-order valence-corrected chi connectivity index (χ2v) is 8.43. The summed E-state index contributed by atoms with van der Waals surface area (Å²) in [6, 6.07) is 9.07. The summed E-state index contributed by atoms with van der Waals surface area (Å²) in [5.41, 5.74) is 1.03. The third kappa shape index (κ3) is 6.25. The first-order valence-corrected chi connectivity index (χ1v) is 11.6. The van der Waals surface area contributed by atoms with Crippen LogP contribution < -0.4 is 20.3 Å². The van der Waals surface area contributed by atoms with Crippen LogP contribution in [0.1, 0.15) is 38.3 Å². The molecule has 1 fully saturated rings. The summed E-state index contributed by atoms with van der Waals surface area (Å²) in [5, 5.41) is 12.6. The van der Waals surface area contributed by atoms with Crippen LogP contribution in [0, 0.1) is 11.3 Å². The lowest BCUT2D eigenvalue weighted by Crippen LogP contribution is -2.35. The Balaban J connectivity index is 2.10. The molecular formula is C27H31FN4O3. The number of nitriles is 1. The van der Waals surface area contributed by atoms with Gasteiger partial charge in [-0.15, -0.1) is 0 Å². The van der Waals surface area contributed by atoms with E-state index in [4.69, 9.17) is 14.7 Å². The Labute approximate surface area is 205 Å². The minimum atomic E-state index is -0.756. The fourth-order valence-corrected chi connectivity index (χ4v) is 3.97. The van der Waals surface area contributed by atoms with Crippen molar-refractivity contribution in [1.82, 2.24) is 14.9 Å². The zero-order valence-electron chi connectivity index (χ0n) is 20.4. The predicted molar refractivity (Wildman–Crippen MR) is 135 cm³/mol. The van der Waals surface area contributed by atoms with Crippen LogP contribution in [0.4, 0.5) is 4.39 Å². The first kappa shape index (κ1) is 25.9. The monoisotopic (exact) mass is 478 g/mol. The Kier molecular flexibility index (Phi) is 8.98. The molecule has 1 aromatic carbocycles. The molecule has 0 amide bonds.